The van der Waals surface area contributed by atoms with Gasteiger partial charge in [0.15, 0.2) is 0 Å². The van der Waals surface area contributed by atoms with Crippen molar-refractivity contribution in [2.45, 2.75) is 309 Å². The first-order chi connectivity index (χ1) is 60.9. The van der Waals surface area contributed by atoms with Crippen molar-refractivity contribution in [2.75, 3.05) is 60.4 Å². The minimum atomic E-state index is -1.39. The zero-order chi connectivity index (χ0) is 96.8. The number of para-hydroxylation sites is 1. The summed E-state index contributed by atoms with van der Waals surface area (Å²) in [6, 6.07) is -0.877. The zero-order valence-electron chi connectivity index (χ0n) is 79.8. The Labute approximate surface area is 775 Å². The van der Waals surface area contributed by atoms with Crippen LogP contribution in [-0.2, 0) is 84.8 Å². The number of nitrogens with one attached hydrogen (secondary N) is 15. The Hall–Kier alpha value is -9.92. The number of H-pyrrole nitrogens is 1. The molecule has 0 saturated carbocycles. The molecule has 15 atom stereocenters. The molecule has 15 amide bonds. The number of nitrogens with zero attached hydrogens (tertiary/aromatic N) is 1. The zero-order valence-corrected chi connectivity index (χ0v) is 80.6. The molecule has 0 saturated heterocycles. The summed E-state index contributed by atoms with van der Waals surface area (Å²) in [5.74, 6) is -13.1. The Kier molecular flexibility index (Phi) is 54.4. The highest BCUT2D eigenvalue weighted by Crippen LogP contribution is 2.22. The lowest BCUT2D eigenvalue weighted by molar-refractivity contribution is -0.870. The fourth-order valence-electron chi connectivity index (χ4n) is 14.7. The van der Waals surface area contributed by atoms with E-state index in [1.165, 1.54) is 6.92 Å². The topological polar surface area (TPSA) is 596 Å². The maximum atomic E-state index is 15.1. The van der Waals surface area contributed by atoms with E-state index in [0.717, 1.165) is 33.9 Å². The van der Waals surface area contributed by atoms with Crippen LogP contribution in [-0.4, -0.2) is 243 Å². The number of fused-ring (bicyclic) bond motifs is 1. The van der Waals surface area contributed by atoms with Crippen molar-refractivity contribution < 1.29 is 88.8 Å². The summed E-state index contributed by atoms with van der Waals surface area (Å²) in [5, 5.41) is 39.4. The number of unbranched alkanes of at least 4 members (excludes halogenated alkanes) is 5. The predicted octanol–water partition coefficient (Wildman–Crippen LogP) is -1.90. The Morgan fingerprint density at radius 2 is 0.723 bits per heavy atom. The average molecular weight is 1850 g/mol. The summed E-state index contributed by atoms with van der Waals surface area (Å²) in [6.07, 6.45) is 7.83. The van der Waals surface area contributed by atoms with Crippen LogP contribution in [0.15, 0.2) is 60.8 Å². The molecule has 1 aromatic heterocycles. The average Bonchev–Trinajstić information content (AvgIpc) is 1.69. The molecule has 130 heavy (non-hydrogen) atoms. The van der Waals surface area contributed by atoms with Crippen LogP contribution in [0.2, 0.25) is 0 Å². The molecule has 3 aromatic rings. The van der Waals surface area contributed by atoms with Gasteiger partial charge < -0.3 is 131 Å². The monoisotopic (exact) mass is 1850 g/mol. The van der Waals surface area contributed by atoms with Crippen molar-refractivity contribution in [3.63, 3.8) is 0 Å². The largest absolute Gasteiger partial charge is 1.00 e. The van der Waals surface area contributed by atoms with Gasteiger partial charge in [-0.3, -0.25) is 71.9 Å². The lowest BCUT2D eigenvalue weighted by Crippen LogP contribution is -3.00. The molecule has 38 heteroatoms. The van der Waals surface area contributed by atoms with Crippen LogP contribution in [0.5, 0.6) is 0 Å². The first kappa shape index (κ1) is 116. The van der Waals surface area contributed by atoms with Crippen LogP contribution in [0, 0.1) is 35.5 Å². The SMILES string of the molecule is CC[C@H](C)[C@H](NC(=O)[C@H](CCCCN)NC(=O)[C@H](CCCCN)NC(=O)[C@H](Cc1ccccc1)NC(=O)[C@H](CC(C)C)NC(=O)[C@H](CCCCN)NC(=O)[C@H](Cc1c[nH]c2ccccc12)NC(=O)[C@@H](N)CCCC[N+](C)(C)C)C(=O)NCC(=O)N[C@@H](C)C(=O)N[C@H](C(=O)N[C@@H](CC(C)C)C(=O)N[C@@H](CCCCN)C(=O)N[C@H](C(=O)N[C@@H](CC(C)C)C(N)=O)C(C)C)C(C)C.[Cl-]. The van der Waals surface area contributed by atoms with E-state index in [-0.39, 0.29) is 108 Å². The molecule has 1 heterocycles. The molecule has 37 nitrogen and oxygen atoms in total. The van der Waals surface area contributed by atoms with Crippen molar-refractivity contribution in [2.24, 2.45) is 69.9 Å². The van der Waals surface area contributed by atoms with Crippen molar-refractivity contribution in [3.8, 4) is 0 Å². The highest BCUT2D eigenvalue weighted by atomic mass is 35.5. The first-order valence-corrected chi connectivity index (χ1v) is 46.3. The molecule has 0 unspecified atom stereocenters. The Balaban J connectivity index is 0.0000572. The van der Waals surface area contributed by atoms with Crippen LogP contribution in [0.25, 0.3) is 10.9 Å². The molecule has 0 fully saturated rings. The van der Waals surface area contributed by atoms with Crippen LogP contribution in [0.4, 0.5) is 0 Å². The molecule has 0 bridgehead atoms. The summed E-state index contributed by atoms with van der Waals surface area (Å²) in [6.45, 7) is 23.8. The number of amides is 15. The molecular weight excluding hydrogens is 1690 g/mol. The Bertz CT molecular complexity index is 4030. The number of hydrogen-bond acceptors (Lipinski definition) is 20. The Morgan fingerprint density at radius 1 is 0.369 bits per heavy atom. The maximum Gasteiger partial charge on any atom is 0.243 e. The second-order valence-corrected chi connectivity index (χ2v) is 37.2. The summed E-state index contributed by atoms with van der Waals surface area (Å²) >= 11 is 0. The number of primary amides is 1. The van der Waals surface area contributed by atoms with Gasteiger partial charge in [-0.2, -0.15) is 0 Å². The molecular formula is C92H159ClN22O15. The molecule has 0 radical (unpaired) electrons. The van der Waals surface area contributed by atoms with Gasteiger partial charge in [0.05, 0.1) is 40.3 Å². The number of nitrogens with two attached hydrogens (primary N) is 6. The van der Waals surface area contributed by atoms with Crippen LogP contribution < -0.4 is 121 Å². The number of halogens is 1. The van der Waals surface area contributed by atoms with Crippen molar-refractivity contribution in [1.29, 1.82) is 0 Å². The fraction of sp³-hybridized carbons (Fsp3) is 0.685. The summed E-state index contributed by atoms with van der Waals surface area (Å²) in [5.41, 5.74) is 37.9. The fourth-order valence-corrected chi connectivity index (χ4v) is 14.7. The molecule has 734 valence electrons. The molecule has 0 aliphatic carbocycles. The van der Waals surface area contributed by atoms with Crippen molar-refractivity contribution in [3.05, 3.63) is 71.9 Å². The van der Waals surface area contributed by atoms with E-state index >= 15 is 4.79 Å². The van der Waals surface area contributed by atoms with Crippen molar-refractivity contribution in [1.82, 2.24) is 79.4 Å². The second-order valence-electron chi connectivity index (χ2n) is 37.2. The lowest BCUT2D eigenvalue weighted by Gasteiger charge is -2.29. The molecule has 0 aliphatic heterocycles. The summed E-state index contributed by atoms with van der Waals surface area (Å²) < 4.78 is 0.739. The van der Waals surface area contributed by atoms with E-state index in [2.05, 4.69) is 101 Å². The number of rotatable bonds is 64. The van der Waals surface area contributed by atoms with Gasteiger partial charge in [-0.15, -0.1) is 0 Å². The van der Waals surface area contributed by atoms with Crippen LogP contribution >= 0.6 is 0 Å². The van der Waals surface area contributed by atoms with E-state index in [1.54, 1.807) is 78.1 Å². The van der Waals surface area contributed by atoms with Gasteiger partial charge in [0.25, 0.3) is 0 Å². The van der Waals surface area contributed by atoms with E-state index in [4.69, 9.17) is 34.4 Å². The number of benzene rings is 2. The third-order valence-corrected chi connectivity index (χ3v) is 22.4. The highest BCUT2D eigenvalue weighted by molar-refractivity contribution is 6.01. The van der Waals surface area contributed by atoms with Gasteiger partial charge in [0, 0.05) is 29.9 Å². The lowest BCUT2D eigenvalue weighted by atomic mass is 9.97. The predicted molar refractivity (Wildman–Crippen MR) is 499 cm³/mol. The maximum absolute atomic E-state index is 15.1. The number of aromatic amines is 1. The number of carbonyl (C=O) groups excluding carboxylic acids is 15. The van der Waals surface area contributed by atoms with Crippen molar-refractivity contribution >= 4 is 99.5 Å². The van der Waals surface area contributed by atoms with E-state index in [0.29, 0.717) is 82.7 Å². The van der Waals surface area contributed by atoms with Gasteiger partial charge in [0.2, 0.25) is 88.6 Å². The third kappa shape index (κ3) is 43.4. The van der Waals surface area contributed by atoms with Gasteiger partial charge in [0.1, 0.15) is 78.5 Å². The van der Waals surface area contributed by atoms with Gasteiger partial charge in [-0.05, 0) is 201 Å². The molecule has 0 aliphatic rings. The quantitative estimate of drug-likeness (QED) is 0.0217. The molecule has 3 rings (SSSR count). The number of quaternary nitrogens is 1. The number of aromatic nitrogens is 1. The first-order valence-electron chi connectivity index (χ1n) is 46.3. The van der Waals surface area contributed by atoms with Gasteiger partial charge in [-0.1, -0.05) is 138 Å². The summed E-state index contributed by atoms with van der Waals surface area (Å²) in [7, 11) is 6.23. The van der Waals surface area contributed by atoms with Crippen LogP contribution in [0.3, 0.4) is 0 Å². The van der Waals surface area contributed by atoms with E-state index in [9.17, 15) is 67.1 Å². The number of carbonyl (C=O) groups is 15. The number of hydrogen-bond donors (Lipinski definition) is 21. The second kappa shape index (κ2) is 60.9. The van der Waals surface area contributed by atoms with E-state index < -0.39 is 197 Å². The van der Waals surface area contributed by atoms with Gasteiger partial charge >= 0.3 is 0 Å². The molecule has 2 aromatic carbocycles. The molecule has 27 N–H and O–H groups in total. The van der Waals surface area contributed by atoms with E-state index in [1.807, 2.05) is 65.8 Å². The smallest absolute Gasteiger partial charge is 0.243 e. The minimum Gasteiger partial charge on any atom is -1.00 e. The third-order valence-electron chi connectivity index (χ3n) is 22.4. The van der Waals surface area contributed by atoms with Crippen LogP contribution in [0.1, 0.15) is 223 Å². The highest BCUT2D eigenvalue weighted by Gasteiger charge is 2.39. The minimum absolute atomic E-state index is 0. The molecule has 0 spiro atoms. The normalized spacial score (nSPS) is 15.0. The Morgan fingerprint density at radius 3 is 1.15 bits per heavy atom. The summed E-state index contributed by atoms with van der Waals surface area (Å²) in [4.78, 5) is 217. The standard InChI is InChI=1S/C92H158N22O15.ClH/c1-17-59(12)78(90(127)100-53-75(115)101-60(13)80(117)111-76(57(8)9)92(129)110-72(49-56(6)7)86(123)105-68(40-25-30-44-95)84(121)112-77(58(10)11)91(128)106-70(79(98)116)47-54(2)3)113-85(122)69(41-26-31-45-96)102-82(119)66(38-23-28-42-93)103-88(125)73(50-61-33-19-18-20-34-61)109-87(124)71(48-55(4)5)108-83(120)67(39-24-29-43-94)104-89(126)74(51-62-52-99-65-37-22-21-35-63(62)65)107-81(118)64(97)36-27-32-46-114(14,15)16;/h18-22,33-35,37,52,54-60,64,66-74,76-78,99H,17,23-32,36,38-51,53,93-97H2,1-16H3,(H15-,98,100,101,102,103,104,105,106,107,108,109,110,111,112,113,115,116,117,118,119,120,121,122,123,124,125,126,127,128,129);1H/t59-,60-,64-,66-,67-,68-,69-,70-,71-,72-,73-,74-,76-,77-,78-;/m0./s1. The van der Waals surface area contributed by atoms with Gasteiger partial charge in [-0.25, -0.2) is 0 Å².